The largest absolute Gasteiger partial charge is 0.423 e. The number of nitrogens with zero attached hydrogens (tertiary/aromatic N) is 5. The van der Waals surface area contributed by atoms with Crippen LogP contribution in [0.25, 0.3) is 11.0 Å². The molecule has 0 aliphatic carbocycles. The summed E-state index contributed by atoms with van der Waals surface area (Å²) in [6, 6.07) is 7.68. The van der Waals surface area contributed by atoms with Crippen molar-refractivity contribution < 1.29 is 9.47 Å². The minimum absolute atomic E-state index is 0.292. The average Bonchev–Trinajstić information content (AvgIpc) is 2.63. The summed E-state index contributed by atoms with van der Waals surface area (Å²) < 4.78 is 11.2. The Bertz CT molecular complexity index is 806. The first-order valence-corrected chi connectivity index (χ1v) is 7.43. The van der Waals surface area contributed by atoms with Crippen molar-refractivity contribution in [2.75, 3.05) is 31.2 Å². The van der Waals surface area contributed by atoms with Crippen LogP contribution in [0.5, 0.6) is 11.8 Å². The number of pyridine rings is 2. The van der Waals surface area contributed by atoms with Gasteiger partial charge in [-0.05, 0) is 24.3 Å². The van der Waals surface area contributed by atoms with E-state index in [1.165, 1.54) is 0 Å². The van der Waals surface area contributed by atoms with Gasteiger partial charge in [0.05, 0.1) is 24.9 Å². The zero-order valence-corrected chi connectivity index (χ0v) is 12.4. The highest BCUT2D eigenvalue weighted by Gasteiger charge is 2.18. The van der Waals surface area contributed by atoms with Crippen LogP contribution >= 0.6 is 0 Å². The maximum absolute atomic E-state index is 5.75. The van der Waals surface area contributed by atoms with Gasteiger partial charge in [-0.15, -0.1) is 0 Å². The Kier molecular flexibility index (Phi) is 3.69. The lowest BCUT2D eigenvalue weighted by molar-refractivity contribution is 0.122. The molecule has 0 amide bonds. The lowest BCUT2D eigenvalue weighted by Gasteiger charge is -2.28. The predicted octanol–water partition coefficient (Wildman–Crippen LogP) is 2.05. The van der Waals surface area contributed by atoms with Gasteiger partial charge in [-0.3, -0.25) is 9.97 Å². The summed E-state index contributed by atoms with van der Waals surface area (Å²) in [5.41, 5.74) is 1.52. The van der Waals surface area contributed by atoms with Crippen molar-refractivity contribution in [2.45, 2.75) is 0 Å². The summed E-state index contributed by atoms with van der Waals surface area (Å²) in [5.74, 6) is 1.38. The van der Waals surface area contributed by atoms with Crippen molar-refractivity contribution in [3.8, 4) is 11.8 Å². The molecule has 3 aromatic heterocycles. The molecule has 3 aromatic rings. The van der Waals surface area contributed by atoms with Gasteiger partial charge in [0.15, 0.2) is 5.82 Å². The molecule has 0 radical (unpaired) electrons. The van der Waals surface area contributed by atoms with Gasteiger partial charge in [-0.1, -0.05) is 0 Å². The highest BCUT2D eigenvalue weighted by Crippen LogP contribution is 2.26. The summed E-state index contributed by atoms with van der Waals surface area (Å²) in [6.45, 7) is 2.90. The summed E-state index contributed by atoms with van der Waals surface area (Å²) in [5, 5.41) is 0. The first-order valence-electron chi connectivity index (χ1n) is 7.43. The number of ether oxygens (including phenoxy) is 2. The molecule has 1 aliphatic rings. The van der Waals surface area contributed by atoms with Crippen LogP contribution in [0.3, 0.4) is 0 Å². The zero-order chi connectivity index (χ0) is 15.5. The quantitative estimate of drug-likeness (QED) is 0.733. The van der Waals surface area contributed by atoms with Crippen LogP contribution < -0.4 is 9.64 Å². The molecule has 7 heteroatoms. The van der Waals surface area contributed by atoms with Gasteiger partial charge in [0.25, 0.3) is 0 Å². The number of anilines is 1. The highest BCUT2D eigenvalue weighted by molar-refractivity contribution is 5.85. The molecule has 7 nitrogen and oxygen atoms in total. The van der Waals surface area contributed by atoms with Crippen molar-refractivity contribution in [3.05, 3.63) is 42.9 Å². The number of hydrogen-bond acceptors (Lipinski definition) is 7. The number of rotatable bonds is 3. The second-order valence-corrected chi connectivity index (χ2v) is 5.09. The van der Waals surface area contributed by atoms with Crippen molar-refractivity contribution in [2.24, 2.45) is 0 Å². The SMILES string of the molecule is c1cncc(Oc2nc(N3CCOCC3)c3ncccc3n2)c1. The molecule has 0 unspecified atom stereocenters. The molecular formula is C16H15N5O2. The van der Waals surface area contributed by atoms with Gasteiger partial charge in [-0.25, -0.2) is 0 Å². The Morgan fingerprint density at radius 2 is 1.91 bits per heavy atom. The molecule has 1 saturated heterocycles. The monoisotopic (exact) mass is 309 g/mol. The summed E-state index contributed by atoms with van der Waals surface area (Å²) >= 11 is 0. The van der Waals surface area contributed by atoms with Crippen LogP contribution in [0.2, 0.25) is 0 Å². The lowest BCUT2D eigenvalue weighted by Crippen LogP contribution is -2.37. The minimum atomic E-state index is 0.292. The molecule has 23 heavy (non-hydrogen) atoms. The third-order valence-electron chi connectivity index (χ3n) is 3.57. The molecule has 1 aliphatic heterocycles. The smallest absolute Gasteiger partial charge is 0.324 e. The van der Waals surface area contributed by atoms with Crippen molar-refractivity contribution in [1.82, 2.24) is 19.9 Å². The van der Waals surface area contributed by atoms with E-state index in [-0.39, 0.29) is 0 Å². The first-order chi connectivity index (χ1) is 11.4. The molecular weight excluding hydrogens is 294 g/mol. The Balaban J connectivity index is 1.76. The van der Waals surface area contributed by atoms with Gasteiger partial charge in [0.2, 0.25) is 0 Å². The minimum Gasteiger partial charge on any atom is -0.423 e. The van der Waals surface area contributed by atoms with Crippen molar-refractivity contribution in [3.63, 3.8) is 0 Å². The third-order valence-corrected chi connectivity index (χ3v) is 3.57. The van der Waals surface area contributed by atoms with Gasteiger partial charge in [-0.2, -0.15) is 9.97 Å². The van der Waals surface area contributed by atoms with Gasteiger partial charge >= 0.3 is 6.01 Å². The molecule has 1 fully saturated rings. The van der Waals surface area contributed by atoms with Crippen molar-refractivity contribution in [1.29, 1.82) is 0 Å². The number of aromatic nitrogens is 4. The first kappa shape index (κ1) is 13.8. The van der Waals surface area contributed by atoms with E-state index >= 15 is 0 Å². The average molecular weight is 309 g/mol. The number of morpholine rings is 1. The molecule has 0 saturated carbocycles. The van der Waals surface area contributed by atoms with Crippen molar-refractivity contribution >= 4 is 16.9 Å². The maximum Gasteiger partial charge on any atom is 0.324 e. The Morgan fingerprint density at radius 1 is 1.04 bits per heavy atom. The van der Waals surface area contributed by atoms with E-state index in [2.05, 4.69) is 24.8 Å². The standard InChI is InChI=1S/C16H15N5O2/c1-3-12(11-17-5-1)23-16-19-13-4-2-6-18-14(13)15(20-16)21-7-9-22-10-8-21/h1-6,11H,7-10H2. The van der Waals surface area contributed by atoms with E-state index < -0.39 is 0 Å². The zero-order valence-electron chi connectivity index (χ0n) is 12.4. The van der Waals surface area contributed by atoms with E-state index in [0.717, 1.165) is 29.9 Å². The fourth-order valence-electron chi connectivity index (χ4n) is 2.49. The summed E-state index contributed by atoms with van der Waals surface area (Å²) in [4.78, 5) is 19.6. The van der Waals surface area contributed by atoms with Gasteiger partial charge in [0, 0.05) is 25.5 Å². The molecule has 0 bridgehead atoms. The van der Waals surface area contributed by atoms with E-state index in [0.29, 0.717) is 25.0 Å². The third kappa shape index (κ3) is 2.91. The Hall–Kier alpha value is -2.80. The molecule has 0 atom stereocenters. The molecule has 0 aromatic carbocycles. The van der Waals surface area contributed by atoms with Crippen LogP contribution in [-0.2, 0) is 4.74 Å². The van der Waals surface area contributed by atoms with E-state index in [9.17, 15) is 0 Å². The van der Waals surface area contributed by atoms with Crippen LogP contribution in [0.4, 0.5) is 5.82 Å². The van der Waals surface area contributed by atoms with Crippen LogP contribution in [0, 0.1) is 0 Å². The van der Waals surface area contributed by atoms with Gasteiger partial charge in [0.1, 0.15) is 11.3 Å². The summed E-state index contributed by atoms with van der Waals surface area (Å²) in [7, 11) is 0. The maximum atomic E-state index is 5.75. The fourth-order valence-corrected chi connectivity index (χ4v) is 2.49. The number of hydrogen-bond donors (Lipinski definition) is 0. The Morgan fingerprint density at radius 3 is 2.74 bits per heavy atom. The highest BCUT2D eigenvalue weighted by atomic mass is 16.5. The molecule has 4 heterocycles. The van der Waals surface area contributed by atoms with E-state index in [1.54, 1.807) is 24.7 Å². The van der Waals surface area contributed by atoms with Crippen LogP contribution in [0.1, 0.15) is 0 Å². The molecule has 0 N–H and O–H groups in total. The Labute approximate surface area is 132 Å². The lowest BCUT2D eigenvalue weighted by atomic mass is 10.3. The topological polar surface area (TPSA) is 73.3 Å². The predicted molar refractivity (Wildman–Crippen MR) is 84.7 cm³/mol. The second-order valence-electron chi connectivity index (χ2n) is 5.09. The second kappa shape index (κ2) is 6.13. The molecule has 0 spiro atoms. The van der Waals surface area contributed by atoms with Crippen LogP contribution in [-0.4, -0.2) is 46.2 Å². The van der Waals surface area contributed by atoms with Crippen LogP contribution in [0.15, 0.2) is 42.9 Å². The van der Waals surface area contributed by atoms with E-state index in [1.807, 2.05) is 18.2 Å². The normalized spacial score (nSPS) is 14.9. The molecule has 116 valence electrons. The fraction of sp³-hybridized carbons (Fsp3) is 0.250. The van der Waals surface area contributed by atoms with Gasteiger partial charge < -0.3 is 14.4 Å². The summed E-state index contributed by atoms with van der Waals surface area (Å²) in [6.07, 6.45) is 5.07. The number of fused-ring (bicyclic) bond motifs is 1. The molecule has 4 rings (SSSR count). The van der Waals surface area contributed by atoms with E-state index in [4.69, 9.17) is 9.47 Å².